The van der Waals surface area contributed by atoms with Crippen LogP contribution >= 0.6 is 11.3 Å². The highest BCUT2D eigenvalue weighted by Crippen LogP contribution is 2.27. The van der Waals surface area contributed by atoms with Crippen molar-refractivity contribution in [2.45, 2.75) is 20.1 Å². The smallest absolute Gasteiger partial charge is 0.496 e. The second-order valence-corrected chi connectivity index (χ2v) is 8.11. The highest BCUT2D eigenvalue weighted by molar-refractivity contribution is 7.13. The number of carbonyl (C=O) groups excluding carboxylic acids is 1. The number of thiophene rings is 1. The van der Waals surface area contributed by atoms with Crippen LogP contribution in [0.5, 0.6) is 11.5 Å². The van der Waals surface area contributed by atoms with Crippen LogP contribution in [0.3, 0.4) is 0 Å². The maximum Gasteiger partial charge on any atom is 0.519 e. The molecule has 4 aromatic heterocycles. The highest BCUT2D eigenvalue weighted by atomic mass is 32.1. The molecule has 0 atom stereocenters. The summed E-state index contributed by atoms with van der Waals surface area (Å²) in [6.45, 7) is 1.68. The van der Waals surface area contributed by atoms with E-state index in [-0.39, 0.29) is 36.3 Å². The molecule has 0 saturated heterocycles. The fourth-order valence-electron chi connectivity index (χ4n) is 3.08. The van der Waals surface area contributed by atoms with Crippen LogP contribution in [0, 0.1) is 6.92 Å². The Kier molecular flexibility index (Phi) is 6.27. The molecular weight excluding hydrogens is 494 g/mol. The Morgan fingerprint density at radius 3 is 2.81 bits per heavy atom. The van der Waals surface area contributed by atoms with Crippen LogP contribution in [-0.2, 0) is 13.2 Å². The van der Waals surface area contributed by atoms with Crippen molar-refractivity contribution in [2.75, 3.05) is 12.4 Å². The number of methoxy groups -OCH3 is 1. The molecule has 5 rings (SSSR count). The first kappa shape index (κ1) is 23.0. The normalized spacial score (nSPS) is 10.9. The molecule has 0 radical (unpaired) electrons. The summed E-state index contributed by atoms with van der Waals surface area (Å²) in [6, 6.07) is 8.33. The summed E-state index contributed by atoms with van der Waals surface area (Å²) in [6.07, 6.45) is 0. The highest BCUT2D eigenvalue weighted by Gasteiger charge is 2.18. The minimum absolute atomic E-state index is 0.00348. The summed E-state index contributed by atoms with van der Waals surface area (Å²) in [4.78, 5) is 25.9. The van der Waals surface area contributed by atoms with E-state index in [1.165, 1.54) is 29.3 Å². The number of anilines is 1. The molecule has 4 heterocycles. The van der Waals surface area contributed by atoms with E-state index in [2.05, 4.69) is 30.9 Å². The molecular formula is C21H17N7O7S. The van der Waals surface area contributed by atoms with Gasteiger partial charge in [0.15, 0.2) is 12.4 Å². The first-order valence-corrected chi connectivity index (χ1v) is 11.2. The molecule has 1 aromatic carbocycles. The maximum atomic E-state index is 12.7. The van der Waals surface area contributed by atoms with E-state index < -0.39 is 11.7 Å². The summed E-state index contributed by atoms with van der Waals surface area (Å²) in [5, 5.41) is 24.2. The van der Waals surface area contributed by atoms with E-state index in [4.69, 9.17) is 22.7 Å². The second-order valence-electron chi connectivity index (χ2n) is 7.16. The Labute approximate surface area is 205 Å². The van der Waals surface area contributed by atoms with Gasteiger partial charge in [0.2, 0.25) is 5.82 Å². The van der Waals surface area contributed by atoms with Crippen molar-refractivity contribution in [3.8, 4) is 22.3 Å². The Bertz CT molecular complexity index is 1550. The molecule has 0 unspecified atom stereocenters. The van der Waals surface area contributed by atoms with Crippen molar-refractivity contribution in [1.29, 1.82) is 0 Å². The first-order valence-electron chi connectivity index (χ1n) is 10.3. The van der Waals surface area contributed by atoms with Crippen LogP contribution in [0.2, 0.25) is 0 Å². The summed E-state index contributed by atoms with van der Waals surface area (Å²) < 4.78 is 26.3. The number of benzene rings is 1. The third kappa shape index (κ3) is 5.00. The summed E-state index contributed by atoms with van der Waals surface area (Å²) >= 11 is 1.44. The first-order chi connectivity index (χ1) is 17.5. The molecule has 0 spiro atoms. The molecule has 1 amide bonds. The summed E-state index contributed by atoms with van der Waals surface area (Å²) in [5.41, 5.74) is 0.238. The Balaban J connectivity index is 1.21. The van der Waals surface area contributed by atoms with Gasteiger partial charge in [-0.3, -0.25) is 10.1 Å². The largest absolute Gasteiger partial charge is 0.519 e. The predicted molar refractivity (Wildman–Crippen MR) is 122 cm³/mol. The molecule has 36 heavy (non-hydrogen) atoms. The number of hydrogen-bond donors (Lipinski definition) is 1. The van der Waals surface area contributed by atoms with Gasteiger partial charge < -0.3 is 22.7 Å². The molecule has 184 valence electrons. The number of nitrogens with one attached hydrogen (secondary N) is 1. The monoisotopic (exact) mass is 511 g/mol. The molecule has 0 aliphatic rings. The van der Waals surface area contributed by atoms with Crippen molar-refractivity contribution in [3.63, 3.8) is 0 Å². The van der Waals surface area contributed by atoms with E-state index in [0.717, 1.165) is 4.88 Å². The molecule has 0 aliphatic heterocycles. The fourth-order valence-corrected chi connectivity index (χ4v) is 3.73. The van der Waals surface area contributed by atoms with Gasteiger partial charge in [0, 0.05) is 6.07 Å². The van der Waals surface area contributed by atoms with Crippen molar-refractivity contribution in [3.05, 3.63) is 69.2 Å². The zero-order valence-electron chi connectivity index (χ0n) is 18.8. The van der Waals surface area contributed by atoms with Crippen LogP contribution in [0.4, 0.5) is 6.01 Å². The van der Waals surface area contributed by atoms with Gasteiger partial charge in [-0.2, -0.15) is 4.80 Å². The van der Waals surface area contributed by atoms with Crippen LogP contribution in [0.15, 0.2) is 53.8 Å². The van der Waals surface area contributed by atoms with Gasteiger partial charge in [0.25, 0.3) is 11.8 Å². The number of tetrazole rings is 1. The number of nitrogens with zero attached hydrogens (tertiary/aromatic N) is 6. The Hall–Kier alpha value is -4.79. The van der Waals surface area contributed by atoms with Gasteiger partial charge in [-0.1, -0.05) is 11.2 Å². The lowest BCUT2D eigenvalue weighted by Gasteiger charge is -2.10. The molecule has 0 saturated carbocycles. The number of aryl methyl sites for hydroxylation is 1. The average molecular weight is 511 g/mol. The van der Waals surface area contributed by atoms with E-state index in [1.54, 1.807) is 19.1 Å². The number of hydrogen-bond acceptors (Lipinski definition) is 13. The molecule has 5 aromatic rings. The van der Waals surface area contributed by atoms with Crippen LogP contribution in [-0.4, -0.2) is 43.4 Å². The predicted octanol–water partition coefficient (Wildman–Crippen LogP) is 2.53. The van der Waals surface area contributed by atoms with E-state index in [0.29, 0.717) is 23.2 Å². The lowest BCUT2D eigenvalue weighted by atomic mass is 10.2. The number of ether oxygens (including phenoxy) is 2. The molecule has 0 bridgehead atoms. The number of aromatic nitrogens is 6. The van der Waals surface area contributed by atoms with E-state index >= 15 is 0 Å². The van der Waals surface area contributed by atoms with Gasteiger partial charge in [-0.05, 0) is 35.7 Å². The average Bonchev–Trinajstić information content (AvgIpc) is 3.67. The third-order valence-electron chi connectivity index (χ3n) is 4.78. The number of carbonyl (C=O) groups is 1. The third-order valence-corrected chi connectivity index (χ3v) is 5.64. The van der Waals surface area contributed by atoms with Gasteiger partial charge in [0.1, 0.15) is 23.8 Å². The van der Waals surface area contributed by atoms with Crippen molar-refractivity contribution in [2.24, 2.45) is 0 Å². The van der Waals surface area contributed by atoms with Crippen LogP contribution < -0.4 is 20.6 Å². The maximum absolute atomic E-state index is 12.7. The summed E-state index contributed by atoms with van der Waals surface area (Å²) in [5.74, 6) is 0.630. The lowest BCUT2D eigenvalue weighted by Crippen LogP contribution is -2.13. The standard InChI is InChI=1S/C21H17N7O7S/c1-11-15(34-21(30)33-11)9-28-26-17(23-27-28)10-32-12-5-6-13(14(8-12)31-2)18(29)22-20-25-24-19(35-20)16-4-3-7-36-16/h3-8H,9-10H2,1-2H3,(H,22,25,29). The van der Waals surface area contributed by atoms with Gasteiger partial charge in [-0.25, -0.2) is 4.79 Å². The van der Waals surface area contributed by atoms with Crippen molar-refractivity contribution in [1.82, 2.24) is 30.4 Å². The van der Waals surface area contributed by atoms with Gasteiger partial charge >= 0.3 is 11.8 Å². The van der Waals surface area contributed by atoms with Crippen molar-refractivity contribution < 1.29 is 27.5 Å². The van der Waals surface area contributed by atoms with E-state index in [9.17, 15) is 9.59 Å². The lowest BCUT2D eigenvalue weighted by molar-refractivity contribution is 0.102. The van der Waals surface area contributed by atoms with Crippen molar-refractivity contribution >= 4 is 23.3 Å². The quantitative estimate of drug-likeness (QED) is 0.307. The summed E-state index contributed by atoms with van der Waals surface area (Å²) in [7, 11) is 1.43. The van der Waals surface area contributed by atoms with E-state index in [1.807, 2.05) is 17.5 Å². The van der Waals surface area contributed by atoms with Crippen LogP contribution in [0.1, 0.15) is 27.7 Å². The SMILES string of the molecule is COc1cc(OCc2nnn(Cc3oc(=O)oc3C)n2)ccc1C(=O)Nc1nnc(-c2cccs2)o1. The number of rotatable bonds is 9. The molecule has 15 heteroatoms. The second kappa shape index (κ2) is 9.83. The number of amides is 1. The van der Waals surface area contributed by atoms with Crippen LogP contribution in [0.25, 0.3) is 10.8 Å². The van der Waals surface area contributed by atoms with Gasteiger partial charge in [-0.15, -0.1) is 26.6 Å². The van der Waals surface area contributed by atoms with Gasteiger partial charge in [0.05, 0.1) is 17.6 Å². The molecule has 0 aliphatic carbocycles. The minimum atomic E-state index is -0.794. The Morgan fingerprint density at radius 1 is 1.17 bits per heavy atom. The zero-order valence-corrected chi connectivity index (χ0v) is 19.6. The Morgan fingerprint density at radius 2 is 2.06 bits per heavy atom. The zero-order chi connectivity index (χ0) is 25.1. The minimum Gasteiger partial charge on any atom is -0.496 e. The topological polar surface area (TPSA) is 173 Å². The fraction of sp³-hybridized carbons (Fsp3) is 0.190. The molecule has 0 fully saturated rings. The molecule has 1 N–H and O–H groups in total. The molecule has 14 nitrogen and oxygen atoms in total.